The molecule has 0 N–H and O–H groups in total. The molecule has 2 heterocycles. The Labute approximate surface area is 171 Å². The molecule has 0 aliphatic rings. The van der Waals surface area contributed by atoms with E-state index in [0.717, 1.165) is 32.9 Å². The number of para-hydroxylation sites is 1. The fourth-order valence-electron chi connectivity index (χ4n) is 2.74. The van der Waals surface area contributed by atoms with E-state index in [0.29, 0.717) is 5.56 Å². The summed E-state index contributed by atoms with van der Waals surface area (Å²) in [4.78, 5) is 12.6. The van der Waals surface area contributed by atoms with Crippen molar-refractivity contribution in [2.45, 2.75) is 10.9 Å². The summed E-state index contributed by atoms with van der Waals surface area (Å²) in [7, 11) is 1.38. The van der Waals surface area contributed by atoms with Crippen molar-refractivity contribution in [2.75, 3.05) is 7.11 Å². The number of thioether (sulfide) groups is 1. The minimum Gasteiger partial charge on any atom is -0.465 e. The van der Waals surface area contributed by atoms with Crippen molar-refractivity contribution in [3.63, 3.8) is 0 Å². The van der Waals surface area contributed by atoms with E-state index < -0.39 is 0 Å². The van der Waals surface area contributed by atoms with Crippen LogP contribution in [-0.2, 0) is 10.5 Å². The van der Waals surface area contributed by atoms with Crippen molar-refractivity contribution in [3.05, 3.63) is 83.2 Å². The highest BCUT2D eigenvalue weighted by Crippen LogP contribution is 2.31. The average Bonchev–Trinajstić information content (AvgIpc) is 3.42. The standard InChI is InChI=1S/C21H17N3O2S2/c1-26-20(25)16-11-9-15(10-12-16)14-28-21-23-22-19(18-8-5-13-27-18)24(21)17-6-3-2-4-7-17/h2-13H,14H2,1H3. The average molecular weight is 408 g/mol. The monoisotopic (exact) mass is 407 g/mol. The van der Waals surface area contributed by atoms with Crippen LogP contribution in [0.4, 0.5) is 0 Å². The van der Waals surface area contributed by atoms with Gasteiger partial charge in [-0.15, -0.1) is 21.5 Å². The molecule has 0 radical (unpaired) electrons. The van der Waals surface area contributed by atoms with Crippen LogP contribution in [0.5, 0.6) is 0 Å². The van der Waals surface area contributed by atoms with Gasteiger partial charge in [-0.25, -0.2) is 4.79 Å². The summed E-state index contributed by atoms with van der Waals surface area (Å²) >= 11 is 3.25. The number of carbonyl (C=O) groups is 1. The van der Waals surface area contributed by atoms with Crippen LogP contribution < -0.4 is 0 Å². The molecule has 0 saturated heterocycles. The van der Waals surface area contributed by atoms with Crippen LogP contribution in [0.1, 0.15) is 15.9 Å². The first-order valence-electron chi connectivity index (χ1n) is 8.61. The predicted molar refractivity (Wildman–Crippen MR) is 112 cm³/mol. The molecule has 0 amide bonds. The topological polar surface area (TPSA) is 57.0 Å². The Hall–Kier alpha value is -2.90. The van der Waals surface area contributed by atoms with E-state index >= 15 is 0 Å². The van der Waals surface area contributed by atoms with Gasteiger partial charge in [-0.05, 0) is 41.3 Å². The maximum Gasteiger partial charge on any atom is 0.337 e. The molecule has 0 saturated carbocycles. The number of aromatic nitrogens is 3. The Bertz CT molecular complexity index is 1060. The van der Waals surface area contributed by atoms with Crippen LogP contribution in [0, 0.1) is 0 Å². The van der Waals surface area contributed by atoms with Crippen molar-refractivity contribution >= 4 is 29.1 Å². The van der Waals surface area contributed by atoms with Crippen LogP contribution in [0.3, 0.4) is 0 Å². The molecule has 4 aromatic rings. The van der Waals surface area contributed by atoms with Crippen LogP contribution in [0.2, 0.25) is 0 Å². The summed E-state index contributed by atoms with van der Waals surface area (Å²) < 4.78 is 6.83. The van der Waals surface area contributed by atoms with Gasteiger partial charge in [-0.1, -0.05) is 48.2 Å². The van der Waals surface area contributed by atoms with Crippen LogP contribution in [0.15, 0.2) is 77.3 Å². The number of ether oxygens (including phenoxy) is 1. The van der Waals surface area contributed by atoms with Gasteiger partial charge in [0.2, 0.25) is 0 Å². The van der Waals surface area contributed by atoms with Crippen molar-refractivity contribution in [1.82, 2.24) is 14.8 Å². The van der Waals surface area contributed by atoms with E-state index in [1.807, 2.05) is 47.8 Å². The number of nitrogens with zero attached hydrogens (tertiary/aromatic N) is 3. The lowest BCUT2D eigenvalue weighted by Crippen LogP contribution is -2.01. The summed E-state index contributed by atoms with van der Waals surface area (Å²) in [6.07, 6.45) is 0. The molecular weight excluding hydrogens is 390 g/mol. The number of methoxy groups -OCH3 is 1. The quantitative estimate of drug-likeness (QED) is 0.330. The van der Waals surface area contributed by atoms with Gasteiger partial charge < -0.3 is 4.74 Å². The van der Waals surface area contributed by atoms with E-state index in [2.05, 4.69) is 26.9 Å². The fraction of sp³-hybridized carbons (Fsp3) is 0.0952. The van der Waals surface area contributed by atoms with Crippen molar-refractivity contribution in [1.29, 1.82) is 0 Å². The minimum atomic E-state index is -0.330. The smallest absolute Gasteiger partial charge is 0.337 e. The predicted octanol–water partition coefficient (Wildman–Crippen LogP) is 5.07. The molecule has 140 valence electrons. The molecule has 4 rings (SSSR count). The normalized spacial score (nSPS) is 10.8. The lowest BCUT2D eigenvalue weighted by molar-refractivity contribution is 0.0600. The number of carbonyl (C=O) groups excluding carboxylic acids is 1. The molecule has 0 spiro atoms. The first kappa shape index (κ1) is 18.5. The Kier molecular flexibility index (Phi) is 5.55. The summed E-state index contributed by atoms with van der Waals surface area (Å²) in [6.45, 7) is 0. The van der Waals surface area contributed by atoms with E-state index in [9.17, 15) is 4.79 Å². The third-order valence-electron chi connectivity index (χ3n) is 4.13. The maximum atomic E-state index is 11.6. The van der Waals surface area contributed by atoms with Crippen LogP contribution in [-0.4, -0.2) is 27.8 Å². The lowest BCUT2D eigenvalue weighted by atomic mass is 10.1. The first-order valence-corrected chi connectivity index (χ1v) is 10.5. The Morgan fingerprint density at radius 3 is 2.50 bits per heavy atom. The van der Waals surface area contributed by atoms with Gasteiger partial charge in [0.1, 0.15) is 0 Å². The molecule has 0 fully saturated rings. The highest BCUT2D eigenvalue weighted by Gasteiger charge is 2.17. The molecule has 5 nitrogen and oxygen atoms in total. The Morgan fingerprint density at radius 2 is 1.82 bits per heavy atom. The zero-order chi connectivity index (χ0) is 19.3. The SMILES string of the molecule is COC(=O)c1ccc(CSc2nnc(-c3cccs3)n2-c2ccccc2)cc1. The van der Waals surface area contributed by atoms with E-state index in [1.165, 1.54) is 7.11 Å². The number of thiophene rings is 1. The van der Waals surface area contributed by atoms with Gasteiger partial charge in [0.25, 0.3) is 0 Å². The Morgan fingerprint density at radius 1 is 1.04 bits per heavy atom. The number of hydrogen-bond acceptors (Lipinski definition) is 6. The third-order valence-corrected chi connectivity index (χ3v) is 6.00. The second kappa shape index (κ2) is 8.41. The molecule has 0 aliphatic heterocycles. The number of esters is 1. The van der Waals surface area contributed by atoms with Gasteiger partial charge in [-0.2, -0.15) is 0 Å². The summed E-state index contributed by atoms with van der Waals surface area (Å²) in [5.41, 5.74) is 2.67. The zero-order valence-corrected chi connectivity index (χ0v) is 16.7. The van der Waals surface area contributed by atoms with E-state index in [4.69, 9.17) is 4.74 Å². The highest BCUT2D eigenvalue weighted by molar-refractivity contribution is 7.98. The minimum absolute atomic E-state index is 0.330. The molecule has 0 bridgehead atoms. The zero-order valence-electron chi connectivity index (χ0n) is 15.1. The van der Waals surface area contributed by atoms with Gasteiger partial charge in [0.05, 0.1) is 17.6 Å². The van der Waals surface area contributed by atoms with Gasteiger partial charge in [0.15, 0.2) is 11.0 Å². The third kappa shape index (κ3) is 3.85. The van der Waals surface area contributed by atoms with Crippen molar-refractivity contribution in [3.8, 4) is 16.4 Å². The fourth-order valence-corrected chi connectivity index (χ4v) is 4.35. The molecule has 7 heteroatoms. The summed E-state index contributed by atoms with van der Waals surface area (Å²) in [5, 5.41) is 11.7. The van der Waals surface area contributed by atoms with Crippen molar-refractivity contribution < 1.29 is 9.53 Å². The first-order chi connectivity index (χ1) is 13.8. The summed E-state index contributed by atoms with van der Waals surface area (Å²) in [6, 6.07) is 21.6. The number of rotatable bonds is 6. The Balaban J connectivity index is 1.61. The molecule has 0 unspecified atom stereocenters. The molecule has 0 aliphatic carbocycles. The van der Waals surface area contributed by atoms with Gasteiger partial charge >= 0.3 is 5.97 Å². The van der Waals surface area contributed by atoms with Gasteiger partial charge in [-0.3, -0.25) is 4.57 Å². The molecule has 28 heavy (non-hydrogen) atoms. The number of hydrogen-bond donors (Lipinski definition) is 0. The van der Waals surface area contributed by atoms with Crippen molar-refractivity contribution in [2.24, 2.45) is 0 Å². The van der Waals surface area contributed by atoms with E-state index in [-0.39, 0.29) is 5.97 Å². The second-order valence-electron chi connectivity index (χ2n) is 5.93. The van der Waals surface area contributed by atoms with E-state index in [1.54, 1.807) is 35.2 Å². The largest absolute Gasteiger partial charge is 0.465 e. The maximum absolute atomic E-state index is 11.6. The molecular formula is C21H17N3O2S2. The lowest BCUT2D eigenvalue weighted by Gasteiger charge is -2.09. The van der Waals surface area contributed by atoms with Gasteiger partial charge in [0, 0.05) is 11.4 Å². The highest BCUT2D eigenvalue weighted by atomic mass is 32.2. The molecule has 2 aromatic carbocycles. The molecule has 0 atom stereocenters. The molecule has 2 aromatic heterocycles. The second-order valence-corrected chi connectivity index (χ2v) is 7.82. The number of benzene rings is 2. The van der Waals surface area contributed by atoms with Crippen LogP contribution >= 0.6 is 23.1 Å². The van der Waals surface area contributed by atoms with Crippen LogP contribution in [0.25, 0.3) is 16.4 Å². The summed E-state index contributed by atoms with van der Waals surface area (Å²) in [5.74, 6) is 1.23.